The minimum atomic E-state index is -0.285. The van der Waals surface area contributed by atoms with Gasteiger partial charge in [0.1, 0.15) is 16.2 Å². The summed E-state index contributed by atoms with van der Waals surface area (Å²) in [6.07, 6.45) is 0.449. The summed E-state index contributed by atoms with van der Waals surface area (Å²) in [4.78, 5) is 25.1. The number of rotatable bonds is 7. The van der Waals surface area contributed by atoms with Gasteiger partial charge >= 0.3 is 0 Å². The summed E-state index contributed by atoms with van der Waals surface area (Å²) in [5, 5.41) is 12.8. The number of nitrogens with zero attached hydrogens (tertiary/aromatic N) is 3. The number of nitrogens with one attached hydrogen (secondary N) is 1. The molecule has 168 valence electrons. The molecule has 0 unspecified atom stereocenters. The Balaban J connectivity index is 1.30. The van der Waals surface area contributed by atoms with Crippen molar-refractivity contribution in [3.8, 4) is 0 Å². The monoisotopic (exact) mass is 482 g/mol. The zero-order chi connectivity index (χ0) is 22.9. The van der Waals surface area contributed by atoms with E-state index >= 15 is 0 Å². The van der Waals surface area contributed by atoms with Crippen LogP contribution < -0.4 is 10.2 Å². The molecule has 0 radical (unpaired) electrons. The molecule has 3 aromatic heterocycles. The van der Waals surface area contributed by atoms with Crippen LogP contribution in [0.2, 0.25) is 0 Å². The first kappa shape index (κ1) is 21.5. The fourth-order valence-electron chi connectivity index (χ4n) is 3.34. The molecule has 33 heavy (non-hydrogen) atoms. The molecule has 0 spiro atoms. The number of aromatic nitrogens is 2. The van der Waals surface area contributed by atoms with Crippen LogP contribution in [-0.4, -0.2) is 41.2 Å². The number of thiophene rings is 1. The van der Waals surface area contributed by atoms with E-state index in [1.165, 1.54) is 34.8 Å². The highest BCUT2D eigenvalue weighted by Crippen LogP contribution is 2.34. The van der Waals surface area contributed by atoms with Crippen LogP contribution in [0.4, 0.5) is 15.2 Å². The Morgan fingerprint density at radius 3 is 2.73 bits per heavy atom. The molecule has 10 heteroatoms. The van der Waals surface area contributed by atoms with Crippen molar-refractivity contribution in [2.75, 3.05) is 30.4 Å². The van der Waals surface area contributed by atoms with Crippen LogP contribution in [0.3, 0.4) is 0 Å². The zero-order valence-electron chi connectivity index (χ0n) is 17.5. The lowest BCUT2D eigenvalue weighted by Gasteiger charge is -2.12. The molecule has 7 nitrogen and oxygen atoms in total. The Labute approximate surface area is 196 Å². The first-order valence-electron chi connectivity index (χ1n) is 10.2. The molecular weight excluding hydrogens is 463 g/mol. The molecule has 2 N–H and O–H groups in total. The lowest BCUT2D eigenvalue weighted by atomic mass is 10.1. The molecule has 0 atom stereocenters. The van der Waals surface area contributed by atoms with E-state index in [1.807, 2.05) is 18.0 Å². The third kappa shape index (κ3) is 4.58. The lowest BCUT2D eigenvalue weighted by molar-refractivity contribution is 0.103. The summed E-state index contributed by atoms with van der Waals surface area (Å²) in [5.74, 6) is 0.0176. The minimum Gasteiger partial charge on any atom is -0.440 e. The zero-order valence-corrected chi connectivity index (χ0v) is 19.2. The van der Waals surface area contributed by atoms with Crippen LogP contribution in [0, 0.1) is 5.82 Å². The standard InChI is InChI=1S/C23H19FN4O3S2/c1-28(8-9-29)23-27-22-19(33-23)12-18(32-22)21(30)25-15-6-7-17-16(11-15)26-20(31-17)10-13-2-4-14(24)5-3-13/h2-7,11-12,29H,8-10H2,1H3,(H,25,30). The fraction of sp³-hybridized carbons (Fsp3) is 0.174. The Kier molecular flexibility index (Phi) is 5.79. The van der Waals surface area contributed by atoms with Gasteiger partial charge in [-0.1, -0.05) is 23.5 Å². The van der Waals surface area contributed by atoms with Gasteiger partial charge in [0.25, 0.3) is 5.91 Å². The molecule has 5 aromatic rings. The third-order valence-electron chi connectivity index (χ3n) is 5.02. The molecule has 0 aliphatic heterocycles. The van der Waals surface area contributed by atoms with E-state index in [0.717, 1.165) is 20.2 Å². The van der Waals surface area contributed by atoms with Gasteiger partial charge in [0.15, 0.2) is 16.6 Å². The van der Waals surface area contributed by atoms with Gasteiger partial charge in [-0.15, -0.1) is 11.3 Å². The van der Waals surface area contributed by atoms with Crippen LogP contribution in [0.5, 0.6) is 0 Å². The minimum absolute atomic E-state index is 0.0565. The molecule has 1 amide bonds. The number of anilines is 2. The van der Waals surface area contributed by atoms with E-state index in [-0.39, 0.29) is 18.3 Å². The van der Waals surface area contributed by atoms with Crippen molar-refractivity contribution >= 4 is 60.0 Å². The van der Waals surface area contributed by atoms with Gasteiger partial charge in [-0.2, -0.15) is 0 Å². The Hall–Kier alpha value is -3.34. The largest absolute Gasteiger partial charge is 0.440 e. The average molecular weight is 483 g/mol. The molecule has 3 heterocycles. The van der Waals surface area contributed by atoms with Gasteiger partial charge in [-0.05, 0) is 42.0 Å². The smallest absolute Gasteiger partial charge is 0.265 e. The second kappa shape index (κ2) is 8.89. The summed E-state index contributed by atoms with van der Waals surface area (Å²) in [6.45, 7) is 0.561. The molecule has 5 rings (SSSR count). The Bertz CT molecular complexity index is 1410. The summed E-state index contributed by atoms with van der Waals surface area (Å²) in [6, 6.07) is 13.3. The van der Waals surface area contributed by atoms with Crippen LogP contribution in [0.15, 0.2) is 52.9 Å². The Morgan fingerprint density at radius 1 is 1.15 bits per heavy atom. The van der Waals surface area contributed by atoms with Crippen molar-refractivity contribution in [2.45, 2.75) is 6.42 Å². The number of carbonyl (C=O) groups is 1. The van der Waals surface area contributed by atoms with E-state index in [2.05, 4.69) is 15.3 Å². The van der Waals surface area contributed by atoms with E-state index in [0.29, 0.717) is 40.5 Å². The normalized spacial score (nSPS) is 11.4. The van der Waals surface area contributed by atoms with Crippen molar-refractivity contribution in [3.63, 3.8) is 0 Å². The molecule has 2 aromatic carbocycles. The van der Waals surface area contributed by atoms with Gasteiger partial charge in [-0.3, -0.25) is 4.79 Å². The molecule has 0 aliphatic carbocycles. The molecule has 0 fully saturated rings. The van der Waals surface area contributed by atoms with Gasteiger partial charge in [0.2, 0.25) is 0 Å². The molecule has 0 aliphatic rings. The van der Waals surface area contributed by atoms with Crippen LogP contribution in [0.1, 0.15) is 21.1 Å². The number of likely N-dealkylation sites (N-methyl/N-ethyl adjacent to an activating group) is 1. The summed E-state index contributed by atoms with van der Waals surface area (Å²) < 4.78 is 19.8. The summed E-state index contributed by atoms with van der Waals surface area (Å²) >= 11 is 2.81. The average Bonchev–Trinajstić information content (AvgIpc) is 3.48. The summed E-state index contributed by atoms with van der Waals surface area (Å²) in [5.41, 5.74) is 2.76. The number of halogens is 1. The number of amides is 1. The molecule has 0 saturated heterocycles. The van der Waals surface area contributed by atoms with Gasteiger partial charge in [-0.25, -0.2) is 14.4 Å². The summed E-state index contributed by atoms with van der Waals surface area (Å²) in [7, 11) is 1.87. The third-order valence-corrected chi connectivity index (χ3v) is 7.30. The first-order chi connectivity index (χ1) is 16.0. The van der Waals surface area contributed by atoms with Crippen LogP contribution in [-0.2, 0) is 6.42 Å². The van der Waals surface area contributed by atoms with Crippen molar-refractivity contribution in [2.24, 2.45) is 0 Å². The number of oxazole rings is 1. The number of thiazole rings is 1. The van der Waals surface area contributed by atoms with Gasteiger partial charge in [0.05, 0.1) is 16.2 Å². The molecule has 0 saturated carbocycles. The number of hydrogen-bond acceptors (Lipinski definition) is 8. The highest BCUT2D eigenvalue weighted by molar-refractivity contribution is 7.29. The Morgan fingerprint density at radius 2 is 1.97 bits per heavy atom. The quantitative estimate of drug-likeness (QED) is 0.343. The number of hydrogen-bond donors (Lipinski definition) is 2. The van der Waals surface area contributed by atoms with Crippen molar-refractivity contribution in [1.29, 1.82) is 0 Å². The predicted octanol–water partition coefficient (Wildman–Crippen LogP) is 4.91. The van der Waals surface area contributed by atoms with Crippen molar-refractivity contribution < 1.29 is 18.7 Å². The number of carbonyl (C=O) groups excluding carboxylic acids is 1. The van der Waals surface area contributed by atoms with Crippen molar-refractivity contribution in [1.82, 2.24) is 9.97 Å². The van der Waals surface area contributed by atoms with E-state index in [1.54, 1.807) is 30.3 Å². The number of aliphatic hydroxyl groups excluding tert-OH is 1. The SMILES string of the molecule is CN(CCO)c1nc2sc(C(=O)Nc3ccc4oc(Cc5ccc(F)cc5)nc4c3)cc2s1. The number of fused-ring (bicyclic) bond motifs is 2. The van der Waals surface area contributed by atoms with E-state index in [4.69, 9.17) is 9.52 Å². The van der Waals surface area contributed by atoms with Crippen LogP contribution >= 0.6 is 22.7 Å². The topological polar surface area (TPSA) is 91.5 Å². The second-order valence-electron chi connectivity index (χ2n) is 7.47. The first-order valence-corrected chi connectivity index (χ1v) is 11.8. The van der Waals surface area contributed by atoms with Crippen molar-refractivity contribution in [3.05, 3.63) is 70.7 Å². The highest BCUT2D eigenvalue weighted by atomic mass is 32.1. The second-order valence-corrected chi connectivity index (χ2v) is 9.51. The molecular formula is C23H19FN4O3S2. The number of benzene rings is 2. The maximum absolute atomic E-state index is 13.1. The maximum atomic E-state index is 13.1. The van der Waals surface area contributed by atoms with Gasteiger partial charge < -0.3 is 19.7 Å². The molecule has 0 bridgehead atoms. The number of aliphatic hydroxyl groups is 1. The fourth-order valence-corrected chi connectivity index (χ4v) is 5.44. The van der Waals surface area contributed by atoms with Gasteiger partial charge in [0, 0.05) is 25.7 Å². The highest BCUT2D eigenvalue weighted by Gasteiger charge is 2.16. The van der Waals surface area contributed by atoms with Crippen LogP contribution in [0.25, 0.3) is 20.6 Å². The van der Waals surface area contributed by atoms with E-state index in [9.17, 15) is 9.18 Å². The predicted molar refractivity (Wildman–Crippen MR) is 129 cm³/mol. The lowest BCUT2D eigenvalue weighted by Crippen LogP contribution is -2.20. The van der Waals surface area contributed by atoms with E-state index < -0.39 is 0 Å². The maximum Gasteiger partial charge on any atom is 0.265 e.